The minimum absolute atomic E-state index is 0.223. The number of aromatic nitrogens is 2. The zero-order valence-electron chi connectivity index (χ0n) is 11.9. The van der Waals surface area contributed by atoms with Crippen LogP contribution in [0.1, 0.15) is 23.5 Å². The van der Waals surface area contributed by atoms with Crippen LogP contribution in [0.4, 0.5) is 0 Å². The molecule has 0 bridgehead atoms. The van der Waals surface area contributed by atoms with Crippen molar-refractivity contribution in [3.63, 3.8) is 0 Å². The second-order valence-electron chi connectivity index (χ2n) is 4.37. The van der Waals surface area contributed by atoms with E-state index in [2.05, 4.69) is 20.2 Å². The standard InChI is InChI=1S/C12H18N4O3S2/c1-3-13-8-10-11(5-7-20-10)21(17,18)14-6-4-12-15-9(2)16-19-12/h5,7,13-14H,3-4,6,8H2,1-2H3. The number of nitrogens with one attached hydrogen (secondary N) is 2. The first kappa shape index (κ1) is 16.1. The van der Waals surface area contributed by atoms with Gasteiger partial charge in [-0.2, -0.15) is 4.98 Å². The molecule has 0 amide bonds. The maximum atomic E-state index is 12.3. The Morgan fingerprint density at radius 3 is 2.90 bits per heavy atom. The Morgan fingerprint density at radius 2 is 2.24 bits per heavy atom. The second kappa shape index (κ2) is 7.12. The van der Waals surface area contributed by atoms with Crippen LogP contribution >= 0.6 is 11.3 Å². The molecule has 0 aromatic carbocycles. The fourth-order valence-electron chi connectivity index (χ4n) is 1.75. The van der Waals surface area contributed by atoms with Crippen molar-refractivity contribution in [2.75, 3.05) is 13.1 Å². The van der Waals surface area contributed by atoms with E-state index in [1.54, 1.807) is 18.4 Å². The van der Waals surface area contributed by atoms with Crippen LogP contribution in [0.3, 0.4) is 0 Å². The molecule has 0 saturated heterocycles. The number of rotatable bonds is 8. The van der Waals surface area contributed by atoms with Gasteiger partial charge in [0.25, 0.3) is 0 Å². The number of nitrogens with zero attached hydrogens (tertiary/aromatic N) is 2. The van der Waals surface area contributed by atoms with E-state index in [1.165, 1.54) is 11.3 Å². The zero-order chi connectivity index (χ0) is 15.3. The fourth-order valence-corrected chi connectivity index (χ4v) is 4.19. The third-order valence-electron chi connectivity index (χ3n) is 2.73. The van der Waals surface area contributed by atoms with E-state index in [4.69, 9.17) is 4.52 Å². The lowest BCUT2D eigenvalue weighted by molar-refractivity contribution is 0.375. The maximum absolute atomic E-state index is 12.3. The average molecular weight is 330 g/mol. The lowest BCUT2D eigenvalue weighted by Gasteiger charge is -2.07. The quantitative estimate of drug-likeness (QED) is 0.751. The van der Waals surface area contributed by atoms with Crippen molar-refractivity contribution in [1.82, 2.24) is 20.2 Å². The molecule has 0 aliphatic rings. The number of sulfonamides is 1. The predicted molar refractivity (Wildman–Crippen MR) is 79.6 cm³/mol. The molecule has 0 radical (unpaired) electrons. The summed E-state index contributed by atoms with van der Waals surface area (Å²) in [5, 5.41) is 8.57. The van der Waals surface area contributed by atoms with Gasteiger partial charge in [-0.15, -0.1) is 11.3 Å². The summed E-state index contributed by atoms with van der Waals surface area (Å²) in [5.74, 6) is 0.965. The van der Waals surface area contributed by atoms with E-state index in [-0.39, 0.29) is 6.54 Å². The first-order valence-electron chi connectivity index (χ1n) is 6.59. The van der Waals surface area contributed by atoms with E-state index in [9.17, 15) is 8.42 Å². The van der Waals surface area contributed by atoms with Crippen LogP contribution in [0.2, 0.25) is 0 Å². The summed E-state index contributed by atoms with van der Waals surface area (Å²) in [6.45, 7) is 5.26. The van der Waals surface area contributed by atoms with Gasteiger partial charge in [-0.3, -0.25) is 0 Å². The van der Waals surface area contributed by atoms with Crippen molar-refractivity contribution in [2.24, 2.45) is 0 Å². The number of hydrogen-bond acceptors (Lipinski definition) is 7. The van der Waals surface area contributed by atoms with Crippen molar-refractivity contribution in [3.05, 3.63) is 28.0 Å². The molecule has 2 aromatic rings. The van der Waals surface area contributed by atoms with Crippen molar-refractivity contribution in [3.8, 4) is 0 Å². The summed E-state index contributed by atoms with van der Waals surface area (Å²) in [5.41, 5.74) is 0. The van der Waals surface area contributed by atoms with Crippen molar-refractivity contribution < 1.29 is 12.9 Å². The molecule has 9 heteroatoms. The minimum atomic E-state index is -3.51. The van der Waals surface area contributed by atoms with Crippen molar-refractivity contribution in [1.29, 1.82) is 0 Å². The van der Waals surface area contributed by atoms with Crippen LogP contribution in [-0.2, 0) is 23.0 Å². The summed E-state index contributed by atoms with van der Waals surface area (Å²) in [4.78, 5) is 5.16. The Kier molecular flexibility index (Phi) is 5.45. The lowest BCUT2D eigenvalue weighted by atomic mass is 10.4. The number of aryl methyl sites for hydroxylation is 1. The Balaban J connectivity index is 1.96. The average Bonchev–Trinajstić information content (AvgIpc) is 3.05. The lowest BCUT2D eigenvalue weighted by Crippen LogP contribution is -2.27. The van der Waals surface area contributed by atoms with E-state index in [0.29, 0.717) is 29.6 Å². The molecule has 0 saturated carbocycles. The topological polar surface area (TPSA) is 97.1 Å². The van der Waals surface area contributed by atoms with E-state index in [0.717, 1.165) is 11.4 Å². The molecular formula is C12H18N4O3S2. The van der Waals surface area contributed by atoms with Gasteiger partial charge in [0, 0.05) is 24.4 Å². The molecule has 2 rings (SSSR count). The van der Waals surface area contributed by atoms with Crippen LogP contribution in [-0.4, -0.2) is 31.6 Å². The number of thiophene rings is 1. The smallest absolute Gasteiger partial charge is 0.241 e. The normalized spacial score (nSPS) is 11.9. The summed E-state index contributed by atoms with van der Waals surface area (Å²) in [6.07, 6.45) is 0.368. The highest BCUT2D eigenvalue weighted by Gasteiger charge is 2.19. The third kappa shape index (κ3) is 4.34. The minimum Gasteiger partial charge on any atom is -0.339 e. The van der Waals surface area contributed by atoms with Crippen LogP contribution in [0.25, 0.3) is 0 Å². The van der Waals surface area contributed by atoms with Crippen LogP contribution < -0.4 is 10.0 Å². The summed E-state index contributed by atoms with van der Waals surface area (Å²) < 4.78 is 32.0. The van der Waals surface area contributed by atoms with Gasteiger partial charge in [0.15, 0.2) is 5.82 Å². The van der Waals surface area contributed by atoms with Gasteiger partial charge in [-0.25, -0.2) is 13.1 Å². The largest absolute Gasteiger partial charge is 0.339 e. The zero-order valence-corrected chi connectivity index (χ0v) is 13.6. The van der Waals surface area contributed by atoms with Gasteiger partial charge >= 0.3 is 0 Å². The summed E-state index contributed by atoms with van der Waals surface area (Å²) in [6, 6.07) is 1.62. The first-order chi connectivity index (χ1) is 10.0. The molecule has 0 aliphatic carbocycles. The highest BCUT2D eigenvalue weighted by atomic mass is 32.2. The van der Waals surface area contributed by atoms with Gasteiger partial charge in [0.05, 0.1) is 4.90 Å². The molecule has 7 nitrogen and oxygen atoms in total. The SMILES string of the molecule is CCNCc1sccc1S(=O)(=O)NCCc1nc(C)no1. The summed E-state index contributed by atoms with van der Waals surface area (Å²) >= 11 is 1.43. The summed E-state index contributed by atoms with van der Waals surface area (Å²) in [7, 11) is -3.51. The Bertz CT molecular complexity index is 678. The van der Waals surface area contributed by atoms with Gasteiger partial charge in [0.1, 0.15) is 0 Å². The molecule has 0 unspecified atom stereocenters. The van der Waals surface area contributed by atoms with Crippen molar-refractivity contribution in [2.45, 2.75) is 31.7 Å². The van der Waals surface area contributed by atoms with Gasteiger partial charge in [0.2, 0.25) is 15.9 Å². The highest BCUT2D eigenvalue weighted by Crippen LogP contribution is 2.21. The fraction of sp³-hybridized carbons (Fsp3) is 0.500. The maximum Gasteiger partial charge on any atom is 0.241 e. The van der Waals surface area contributed by atoms with E-state index >= 15 is 0 Å². The molecular weight excluding hydrogens is 312 g/mol. The first-order valence-corrected chi connectivity index (χ1v) is 8.95. The third-order valence-corrected chi connectivity index (χ3v) is 5.33. The second-order valence-corrected chi connectivity index (χ2v) is 7.11. The Labute approximate surface area is 127 Å². The highest BCUT2D eigenvalue weighted by molar-refractivity contribution is 7.89. The predicted octanol–water partition coefficient (Wildman–Crippen LogP) is 1.07. The van der Waals surface area contributed by atoms with E-state index in [1.807, 2.05) is 6.92 Å². The molecule has 0 spiro atoms. The molecule has 116 valence electrons. The monoisotopic (exact) mass is 330 g/mol. The van der Waals surface area contributed by atoms with Gasteiger partial charge in [-0.1, -0.05) is 12.1 Å². The molecule has 0 fully saturated rings. The Hall–Kier alpha value is -1.29. The van der Waals surface area contributed by atoms with Crippen LogP contribution in [0, 0.1) is 6.92 Å². The van der Waals surface area contributed by atoms with E-state index < -0.39 is 10.0 Å². The molecule has 2 heterocycles. The molecule has 0 atom stereocenters. The van der Waals surface area contributed by atoms with Crippen LogP contribution in [0.5, 0.6) is 0 Å². The molecule has 0 aliphatic heterocycles. The van der Waals surface area contributed by atoms with Gasteiger partial charge in [-0.05, 0) is 24.9 Å². The molecule has 21 heavy (non-hydrogen) atoms. The number of hydrogen-bond donors (Lipinski definition) is 2. The molecule has 2 aromatic heterocycles. The molecule has 2 N–H and O–H groups in total. The van der Waals surface area contributed by atoms with Crippen LogP contribution in [0.15, 0.2) is 20.9 Å². The van der Waals surface area contributed by atoms with Crippen molar-refractivity contribution >= 4 is 21.4 Å². The Morgan fingerprint density at radius 1 is 1.43 bits per heavy atom. The van der Waals surface area contributed by atoms with Gasteiger partial charge < -0.3 is 9.84 Å².